The Morgan fingerprint density at radius 3 is 2.00 bits per heavy atom. The molecule has 0 aromatic rings. The minimum absolute atomic E-state index is 0.149. The van der Waals surface area contributed by atoms with Gasteiger partial charge < -0.3 is 9.29 Å². The van der Waals surface area contributed by atoms with Gasteiger partial charge >= 0.3 is 75.5 Å². The number of carbonyl (C=O) groups is 1. The zero-order valence-corrected chi connectivity index (χ0v) is 14.3. The van der Waals surface area contributed by atoms with Crippen LogP contribution in [0, 0.1) is 0 Å². The normalized spacial score (nSPS) is 9.25. The van der Waals surface area contributed by atoms with Gasteiger partial charge in [0.25, 0.3) is 0 Å². The van der Waals surface area contributed by atoms with Crippen molar-refractivity contribution >= 4 is 39.2 Å². The molecule has 0 saturated heterocycles. The summed E-state index contributed by atoms with van der Waals surface area (Å²) in [4.78, 5) is 9.92. The van der Waals surface area contributed by atoms with Gasteiger partial charge in [-0.1, -0.05) is 0 Å². The number of aliphatic hydroxyl groups excluding tert-OH is 1. The summed E-state index contributed by atoms with van der Waals surface area (Å²) in [7, 11) is 0. The molecular weight excluding hydrogens is 331 g/mol. The van der Waals surface area contributed by atoms with Crippen LogP contribution < -0.4 is 0 Å². The van der Waals surface area contributed by atoms with Crippen LogP contribution in [0.1, 0.15) is 39.5 Å². The molecule has 0 unspecified atom stereocenters. The second-order valence-electron chi connectivity index (χ2n) is 3.24. The summed E-state index contributed by atoms with van der Waals surface area (Å²) >= 11 is 1.07. The summed E-state index contributed by atoms with van der Waals surface area (Å²) in [6.45, 7) is 4.04. The van der Waals surface area contributed by atoms with Gasteiger partial charge in [0.15, 0.2) is 0 Å². The summed E-state index contributed by atoms with van der Waals surface area (Å²) in [5, 5.41) is 7.98. The van der Waals surface area contributed by atoms with Crippen LogP contribution in [0.4, 0.5) is 0 Å². The Hall–Kier alpha value is 0.579. The maximum atomic E-state index is 9.92. The molecule has 0 atom stereocenters. The molecule has 0 aliphatic carbocycles. The fraction of sp³-hybridized carbons (Fsp3) is 0.909. The average molecular weight is 355 g/mol. The number of aliphatic hydroxyl groups is 1. The van der Waals surface area contributed by atoms with Crippen molar-refractivity contribution in [3.63, 3.8) is 0 Å². The van der Waals surface area contributed by atoms with Crippen molar-refractivity contribution in [2.45, 2.75) is 48.4 Å². The molecule has 0 aromatic carbocycles. The molecule has 0 spiro atoms. The molecule has 96 valence electrons. The minimum atomic E-state index is -0.604. The summed E-state index contributed by atoms with van der Waals surface area (Å²) in [5.41, 5.74) is 0. The molecule has 0 saturated carbocycles. The Bertz CT molecular complexity index is 139. The fourth-order valence-corrected chi connectivity index (χ4v) is 5.25. The summed E-state index contributed by atoms with van der Waals surface area (Å²) in [5.74, 6) is -0.604. The fourth-order valence-electron chi connectivity index (χ4n) is 0.848. The van der Waals surface area contributed by atoms with Crippen LogP contribution in [-0.4, -0.2) is 45.1 Å². The molecule has 0 bridgehead atoms. The molecule has 0 amide bonds. The van der Waals surface area contributed by atoms with E-state index < -0.39 is 12.6 Å². The second kappa shape index (κ2) is 18.0. The Morgan fingerprint density at radius 2 is 1.75 bits per heavy atom. The van der Waals surface area contributed by atoms with Crippen LogP contribution in [0.2, 0.25) is 8.87 Å². The molecule has 2 radical (unpaired) electrons. The summed E-state index contributed by atoms with van der Waals surface area (Å²) < 4.78 is 7.47. The van der Waals surface area contributed by atoms with Gasteiger partial charge in [0.05, 0.1) is 12.0 Å². The molecule has 0 heterocycles. The van der Waals surface area contributed by atoms with Crippen molar-refractivity contribution in [1.29, 1.82) is 0 Å². The van der Waals surface area contributed by atoms with Gasteiger partial charge in [-0.25, -0.2) is 4.79 Å². The molecule has 1 N–H and O–H groups in total. The van der Waals surface area contributed by atoms with Gasteiger partial charge in [-0.2, -0.15) is 0 Å². The molecular formula is C11H24O3SSn. The van der Waals surface area contributed by atoms with E-state index in [9.17, 15) is 4.79 Å². The average Bonchev–Trinajstić information content (AvgIpc) is 2.30. The zero-order chi connectivity index (χ0) is 12.6. The predicted molar refractivity (Wildman–Crippen MR) is 71.9 cm³/mol. The Kier molecular flexibility index (Phi) is 21.2. The Labute approximate surface area is 114 Å². The first-order valence-corrected chi connectivity index (χ1v) is 11.0. The second-order valence-corrected chi connectivity index (χ2v) is 8.02. The monoisotopic (exact) mass is 356 g/mol. The first-order valence-electron chi connectivity index (χ1n) is 5.77. The van der Waals surface area contributed by atoms with Crippen LogP contribution in [0.25, 0.3) is 0 Å². The van der Waals surface area contributed by atoms with Crippen molar-refractivity contribution in [2.75, 3.05) is 12.9 Å². The van der Waals surface area contributed by atoms with E-state index in [4.69, 9.17) is 5.11 Å². The third-order valence-corrected chi connectivity index (χ3v) is 6.11. The van der Waals surface area contributed by atoms with Crippen molar-refractivity contribution in [3.8, 4) is 0 Å². The molecule has 0 aromatic heterocycles. The van der Waals surface area contributed by atoms with Crippen LogP contribution in [-0.2, 0) is 8.98 Å². The Balaban J connectivity index is 0. The molecule has 0 aliphatic rings. The number of hydrogen-bond donors (Lipinski definition) is 1. The van der Waals surface area contributed by atoms with E-state index in [1.54, 1.807) is 15.1 Å². The van der Waals surface area contributed by atoms with Gasteiger partial charge in [0.1, 0.15) is 6.61 Å². The van der Waals surface area contributed by atoms with Gasteiger partial charge in [0, 0.05) is 6.26 Å². The van der Waals surface area contributed by atoms with Crippen LogP contribution in [0.3, 0.4) is 0 Å². The van der Waals surface area contributed by atoms with E-state index in [1.807, 2.05) is 0 Å². The van der Waals surface area contributed by atoms with Gasteiger partial charge in [-0.15, -0.1) is 0 Å². The van der Waals surface area contributed by atoms with E-state index >= 15 is 0 Å². The molecule has 0 rings (SSSR count). The van der Waals surface area contributed by atoms with Crippen LogP contribution >= 0.6 is 12.0 Å². The summed E-state index contributed by atoms with van der Waals surface area (Å²) in [6, 6.07) is 0. The zero-order valence-electron chi connectivity index (χ0n) is 10.6. The van der Waals surface area contributed by atoms with Gasteiger partial charge in [-0.3, -0.25) is 0 Å². The van der Waals surface area contributed by atoms with Crippen LogP contribution in [0.5, 0.6) is 0 Å². The number of carbonyl (C=O) groups excluding carboxylic acids is 1. The third-order valence-electron chi connectivity index (χ3n) is 1.72. The number of unbranched alkanes of at least 4 members (excludes halogenated alkanes) is 2. The van der Waals surface area contributed by atoms with Gasteiger partial charge in [-0.05, 0) is 0 Å². The van der Waals surface area contributed by atoms with E-state index in [1.165, 1.54) is 25.7 Å². The van der Waals surface area contributed by atoms with E-state index in [0.29, 0.717) is 0 Å². The standard InChI is InChI=1S/2C4H9.C3H6O3S.Sn/c2*1-3-4-2;1-7-6-3(5)2-4;/h2*1,3-4H2,2H3;4H,2H2,1H3;. The molecule has 3 nitrogen and oxygen atoms in total. The molecule has 0 fully saturated rings. The maximum Gasteiger partial charge on any atom is 0.343 e. The number of rotatable bonds is 8. The van der Waals surface area contributed by atoms with Crippen LogP contribution in [0.15, 0.2) is 0 Å². The smallest absolute Gasteiger partial charge is 0.343 e. The largest absolute Gasteiger partial charge is 0.390 e. The number of hydrogen-bond acceptors (Lipinski definition) is 4. The SMILES string of the molecule is CCC[CH2][Sn][CH2]CCC.CSOC(=O)CO. The van der Waals surface area contributed by atoms with Crippen molar-refractivity contribution < 1.29 is 14.1 Å². The predicted octanol–water partition coefficient (Wildman–Crippen LogP) is 2.93. The molecule has 0 aliphatic heterocycles. The van der Waals surface area contributed by atoms with Gasteiger partial charge in [0.2, 0.25) is 0 Å². The molecule has 5 heteroatoms. The van der Waals surface area contributed by atoms with E-state index in [2.05, 4.69) is 18.0 Å². The maximum absolute atomic E-state index is 9.92. The topological polar surface area (TPSA) is 46.5 Å². The van der Waals surface area contributed by atoms with E-state index in [0.717, 1.165) is 12.0 Å². The minimum Gasteiger partial charge on any atom is -0.390 e. The van der Waals surface area contributed by atoms with E-state index in [-0.39, 0.29) is 21.1 Å². The summed E-state index contributed by atoms with van der Waals surface area (Å²) in [6.07, 6.45) is 7.44. The molecule has 16 heavy (non-hydrogen) atoms. The Morgan fingerprint density at radius 1 is 1.25 bits per heavy atom. The van der Waals surface area contributed by atoms with Crippen molar-refractivity contribution in [1.82, 2.24) is 0 Å². The first-order chi connectivity index (χ1) is 7.72. The van der Waals surface area contributed by atoms with Crippen molar-refractivity contribution in [3.05, 3.63) is 0 Å². The first kappa shape index (κ1) is 18.9. The van der Waals surface area contributed by atoms with Crippen molar-refractivity contribution in [2.24, 2.45) is 0 Å². The quantitative estimate of drug-likeness (QED) is 0.413. The third kappa shape index (κ3) is 20.1.